The third-order valence-electron chi connectivity index (χ3n) is 11.3. The summed E-state index contributed by atoms with van der Waals surface area (Å²) in [6.45, 7) is 11.6. The van der Waals surface area contributed by atoms with E-state index in [4.69, 9.17) is 0 Å². The van der Waals surface area contributed by atoms with Crippen LogP contribution in [0.15, 0.2) is 0 Å². The molecule has 0 aromatic carbocycles. The Kier molecular flexibility index (Phi) is 6.69. The van der Waals surface area contributed by atoms with E-state index in [1.165, 1.54) is 51.4 Å². The quantitative estimate of drug-likeness (QED) is 0.496. The minimum absolute atomic E-state index is 0.122. The number of rotatable bonds is 6. The first-order valence-corrected chi connectivity index (χ1v) is 13.6. The zero-order valence-corrected chi connectivity index (χ0v) is 20.6. The Morgan fingerprint density at radius 3 is 2.27 bits per heavy atom. The molecule has 2 N–H and O–H groups in total. The Hall–Kier alpha value is -0.0800. The fourth-order valence-electron chi connectivity index (χ4n) is 9.03. The molecule has 4 aliphatic rings. The first-order chi connectivity index (χ1) is 14.2. The van der Waals surface area contributed by atoms with Crippen LogP contribution in [0.4, 0.5) is 0 Å². The molecule has 0 aromatic heterocycles. The topological polar surface area (TPSA) is 40.5 Å². The minimum Gasteiger partial charge on any atom is -0.393 e. The van der Waals surface area contributed by atoms with Gasteiger partial charge in [-0.3, -0.25) is 0 Å². The summed E-state index contributed by atoms with van der Waals surface area (Å²) in [5.41, 5.74) is 0.114. The maximum Gasteiger partial charge on any atom is 0.0648 e. The maximum atomic E-state index is 11.0. The van der Waals surface area contributed by atoms with Crippen LogP contribution in [-0.2, 0) is 0 Å². The van der Waals surface area contributed by atoms with E-state index in [1.54, 1.807) is 0 Å². The van der Waals surface area contributed by atoms with Crippen LogP contribution < -0.4 is 0 Å². The molecular weight excluding hydrogens is 368 g/mol. The smallest absolute Gasteiger partial charge is 0.0648 e. The molecule has 10 atom stereocenters. The van der Waals surface area contributed by atoms with E-state index in [1.807, 2.05) is 0 Å². The van der Waals surface area contributed by atoms with Crippen LogP contribution in [0.25, 0.3) is 0 Å². The monoisotopic (exact) mass is 418 g/mol. The van der Waals surface area contributed by atoms with Crippen molar-refractivity contribution in [1.29, 1.82) is 0 Å². The second-order valence-corrected chi connectivity index (χ2v) is 12.8. The van der Waals surface area contributed by atoms with Crippen LogP contribution in [0.3, 0.4) is 0 Å². The lowest BCUT2D eigenvalue weighted by Crippen LogP contribution is -2.54. The molecule has 0 aliphatic heterocycles. The Bertz CT molecular complexity index is 587. The highest BCUT2D eigenvalue weighted by molar-refractivity contribution is 5.07. The molecule has 0 heterocycles. The van der Waals surface area contributed by atoms with Gasteiger partial charge in [0.1, 0.15) is 0 Å². The van der Waals surface area contributed by atoms with Crippen molar-refractivity contribution in [2.45, 2.75) is 123 Å². The molecule has 0 radical (unpaired) electrons. The van der Waals surface area contributed by atoms with E-state index in [0.29, 0.717) is 11.3 Å². The lowest BCUT2D eigenvalue weighted by Gasteiger charge is -2.60. The molecular formula is C28H50O2. The van der Waals surface area contributed by atoms with Crippen LogP contribution in [0.5, 0.6) is 0 Å². The van der Waals surface area contributed by atoms with Crippen LogP contribution in [0.2, 0.25) is 0 Å². The van der Waals surface area contributed by atoms with Gasteiger partial charge in [0.15, 0.2) is 0 Å². The van der Waals surface area contributed by atoms with Crippen LogP contribution in [0, 0.1) is 52.8 Å². The number of aliphatic hydroxyl groups is 2. The van der Waals surface area contributed by atoms with Gasteiger partial charge in [0.05, 0.1) is 11.7 Å². The number of fused-ring (bicyclic) bond motifs is 5. The van der Waals surface area contributed by atoms with Crippen molar-refractivity contribution in [2.75, 3.05) is 0 Å². The summed E-state index contributed by atoms with van der Waals surface area (Å²) in [7, 11) is 0. The number of hydrogen-bond donors (Lipinski definition) is 2. The van der Waals surface area contributed by atoms with Crippen molar-refractivity contribution < 1.29 is 10.2 Å². The molecule has 0 aromatic rings. The predicted octanol–water partition coefficient (Wildman–Crippen LogP) is 6.83. The molecule has 4 saturated carbocycles. The molecule has 2 nitrogen and oxygen atoms in total. The van der Waals surface area contributed by atoms with Gasteiger partial charge < -0.3 is 10.2 Å². The molecule has 174 valence electrons. The standard InChI is InChI=1S/C28H50O2/c1-6-28(30)16-15-27(5)20(17-28)8-9-24-23-11-10-21(22(23)12-13-25(24)27)19(4)7-14-26(29)18(2)3/h18-26,29-30H,6-17H2,1-5H3/t19-,20+,21-,22-,23?,24?,25?,26-,27+,28+/m1/s1. The Balaban J connectivity index is 1.41. The molecule has 4 rings (SSSR count). The van der Waals surface area contributed by atoms with Gasteiger partial charge in [0.25, 0.3) is 0 Å². The Morgan fingerprint density at radius 2 is 1.57 bits per heavy atom. The van der Waals surface area contributed by atoms with Crippen molar-refractivity contribution >= 4 is 0 Å². The van der Waals surface area contributed by atoms with Crippen molar-refractivity contribution in [2.24, 2.45) is 52.8 Å². The summed E-state index contributed by atoms with van der Waals surface area (Å²) in [6.07, 6.45) is 15.0. The van der Waals surface area contributed by atoms with Gasteiger partial charge in [0.2, 0.25) is 0 Å². The van der Waals surface area contributed by atoms with E-state index in [2.05, 4.69) is 34.6 Å². The highest BCUT2D eigenvalue weighted by Gasteiger charge is 2.58. The fourth-order valence-corrected chi connectivity index (χ4v) is 9.03. The first-order valence-electron chi connectivity index (χ1n) is 13.6. The van der Waals surface area contributed by atoms with E-state index >= 15 is 0 Å². The van der Waals surface area contributed by atoms with E-state index in [9.17, 15) is 10.2 Å². The SMILES string of the molecule is CC[C@]1(O)CC[C@]2(C)C3CC[C@H]4C(CC[C@@H]4[C@H](C)CC[C@@H](O)C(C)C)C3CC[C@H]2C1. The molecule has 0 bridgehead atoms. The molecule has 4 fully saturated rings. The molecule has 4 aliphatic carbocycles. The summed E-state index contributed by atoms with van der Waals surface area (Å²) in [6, 6.07) is 0. The van der Waals surface area contributed by atoms with Crippen molar-refractivity contribution in [3.05, 3.63) is 0 Å². The largest absolute Gasteiger partial charge is 0.393 e. The minimum atomic E-state index is -0.372. The lowest BCUT2D eigenvalue weighted by molar-refractivity contribution is -0.140. The second kappa shape index (κ2) is 8.69. The van der Waals surface area contributed by atoms with Crippen molar-refractivity contribution in [1.82, 2.24) is 0 Å². The fraction of sp³-hybridized carbons (Fsp3) is 1.00. The van der Waals surface area contributed by atoms with E-state index in [0.717, 1.165) is 67.1 Å². The molecule has 0 saturated heterocycles. The zero-order chi connectivity index (χ0) is 21.7. The highest BCUT2D eigenvalue weighted by atomic mass is 16.3. The van der Waals surface area contributed by atoms with Gasteiger partial charge in [-0.15, -0.1) is 0 Å². The Morgan fingerprint density at radius 1 is 0.867 bits per heavy atom. The average Bonchev–Trinajstić information content (AvgIpc) is 3.16. The summed E-state index contributed by atoms with van der Waals surface area (Å²) < 4.78 is 0. The van der Waals surface area contributed by atoms with E-state index in [-0.39, 0.29) is 11.7 Å². The third kappa shape index (κ3) is 4.02. The summed E-state index contributed by atoms with van der Waals surface area (Å²) in [5, 5.41) is 21.3. The van der Waals surface area contributed by atoms with Crippen LogP contribution in [-0.4, -0.2) is 21.9 Å². The van der Waals surface area contributed by atoms with Crippen molar-refractivity contribution in [3.8, 4) is 0 Å². The highest BCUT2D eigenvalue weighted by Crippen LogP contribution is 2.65. The maximum absolute atomic E-state index is 11.0. The van der Waals surface area contributed by atoms with Gasteiger partial charge >= 0.3 is 0 Å². The average molecular weight is 419 g/mol. The third-order valence-corrected chi connectivity index (χ3v) is 11.3. The van der Waals surface area contributed by atoms with Gasteiger partial charge in [-0.25, -0.2) is 0 Å². The van der Waals surface area contributed by atoms with Gasteiger partial charge in [-0.05, 0) is 130 Å². The van der Waals surface area contributed by atoms with Crippen molar-refractivity contribution in [3.63, 3.8) is 0 Å². The zero-order valence-electron chi connectivity index (χ0n) is 20.6. The second-order valence-electron chi connectivity index (χ2n) is 12.8. The van der Waals surface area contributed by atoms with E-state index < -0.39 is 0 Å². The molecule has 30 heavy (non-hydrogen) atoms. The van der Waals surface area contributed by atoms with Gasteiger partial charge in [-0.1, -0.05) is 34.6 Å². The molecule has 0 spiro atoms. The summed E-state index contributed by atoms with van der Waals surface area (Å²) >= 11 is 0. The summed E-state index contributed by atoms with van der Waals surface area (Å²) in [4.78, 5) is 0. The molecule has 2 heteroatoms. The predicted molar refractivity (Wildman–Crippen MR) is 125 cm³/mol. The number of hydrogen-bond acceptors (Lipinski definition) is 2. The van der Waals surface area contributed by atoms with Gasteiger partial charge in [0, 0.05) is 0 Å². The summed E-state index contributed by atoms with van der Waals surface area (Å²) in [5.74, 6) is 6.60. The van der Waals surface area contributed by atoms with Crippen LogP contribution >= 0.6 is 0 Å². The van der Waals surface area contributed by atoms with Crippen LogP contribution in [0.1, 0.15) is 112 Å². The molecule has 3 unspecified atom stereocenters. The number of aliphatic hydroxyl groups excluding tert-OH is 1. The Labute approximate surface area is 186 Å². The lowest BCUT2D eigenvalue weighted by atomic mass is 9.45. The normalized spacial score (nSPS) is 48.0. The molecule has 0 amide bonds. The first kappa shape index (κ1) is 23.1. The van der Waals surface area contributed by atoms with Gasteiger partial charge in [-0.2, -0.15) is 0 Å².